The van der Waals surface area contributed by atoms with Crippen molar-refractivity contribution in [1.29, 1.82) is 0 Å². The number of pyridine rings is 1. The number of anilines is 1. The number of thioether (sulfide) groups is 1. The van der Waals surface area contributed by atoms with Crippen molar-refractivity contribution in [2.24, 2.45) is 0 Å². The summed E-state index contributed by atoms with van der Waals surface area (Å²) in [6.45, 7) is 3.27. The van der Waals surface area contributed by atoms with Gasteiger partial charge in [-0.05, 0) is 18.7 Å². The van der Waals surface area contributed by atoms with Crippen LogP contribution in [0.25, 0.3) is 0 Å². The zero-order chi connectivity index (χ0) is 13.4. The van der Waals surface area contributed by atoms with E-state index in [2.05, 4.69) is 15.6 Å². The molecule has 0 aromatic carbocycles. The number of rotatable bonds is 7. The van der Waals surface area contributed by atoms with Crippen molar-refractivity contribution >= 4 is 23.5 Å². The SMILES string of the molecule is CCCNc1ncc(F)cc1C(=O)NCCSC. The molecule has 0 saturated carbocycles. The maximum Gasteiger partial charge on any atom is 0.255 e. The molecule has 18 heavy (non-hydrogen) atoms. The van der Waals surface area contributed by atoms with Crippen molar-refractivity contribution in [3.8, 4) is 0 Å². The normalized spacial score (nSPS) is 10.2. The highest BCUT2D eigenvalue weighted by atomic mass is 32.2. The first kappa shape index (κ1) is 14.8. The highest BCUT2D eigenvalue weighted by Gasteiger charge is 2.13. The number of carbonyl (C=O) groups is 1. The molecule has 0 unspecified atom stereocenters. The molecule has 0 aliphatic rings. The first-order valence-corrected chi connectivity index (χ1v) is 7.25. The van der Waals surface area contributed by atoms with Gasteiger partial charge in [0.25, 0.3) is 5.91 Å². The molecule has 1 rings (SSSR count). The predicted octanol–water partition coefficient (Wildman–Crippen LogP) is 2.14. The third-order valence-electron chi connectivity index (χ3n) is 2.23. The van der Waals surface area contributed by atoms with Gasteiger partial charge in [-0.1, -0.05) is 6.92 Å². The van der Waals surface area contributed by atoms with Crippen LogP contribution < -0.4 is 10.6 Å². The fourth-order valence-electron chi connectivity index (χ4n) is 1.36. The Morgan fingerprint density at radius 1 is 1.50 bits per heavy atom. The van der Waals surface area contributed by atoms with Gasteiger partial charge in [0.1, 0.15) is 11.6 Å². The van der Waals surface area contributed by atoms with Crippen LogP contribution in [0.2, 0.25) is 0 Å². The van der Waals surface area contributed by atoms with E-state index in [9.17, 15) is 9.18 Å². The first-order valence-electron chi connectivity index (χ1n) is 5.85. The molecule has 1 amide bonds. The van der Waals surface area contributed by atoms with E-state index in [0.717, 1.165) is 18.4 Å². The van der Waals surface area contributed by atoms with Crippen LogP contribution in [0.15, 0.2) is 12.3 Å². The van der Waals surface area contributed by atoms with E-state index < -0.39 is 5.82 Å². The van der Waals surface area contributed by atoms with E-state index in [0.29, 0.717) is 18.9 Å². The van der Waals surface area contributed by atoms with Gasteiger partial charge in [-0.3, -0.25) is 4.79 Å². The third-order valence-corrected chi connectivity index (χ3v) is 2.85. The van der Waals surface area contributed by atoms with Crippen molar-refractivity contribution in [3.63, 3.8) is 0 Å². The van der Waals surface area contributed by atoms with Gasteiger partial charge < -0.3 is 10.6 Å². The predicted molar refractivity (Wildman–Crippen MR) is 73.7 cm³/mol. The summed E-state index contributed by atoms with van der Waals surface area (Å²) in [5.41, 5.74) is 0.254. The molecule has 1 heterocycles. The van der Waals surface area contributed by atoms with Crippen LogP contribution in [0.5, 0.6) is 0 Å². The zero-order valence-corrected chi connectivity index (χ0v) is 11.4. The molecule has 0 aliphatic carbocycles. The Hall–Kier alpha value is -1.30. The maximum absolute atomic E-state index is 13.1. The number of amides is 1. The second-order valence-corrected chi connectivity index (χ2v) is 4.71. The molecule has 0 radical (unpaired) electrons. The number of aromatic nitrogens is 1. The summed E-state index contributed by atoms with van der Waals surface area (Å²) in [5.74, 6) is 0.452. The van der Waals surface area contributed by atoms with E-state index in [-0.39, 0.29) is 11.5 Å². The number of hydrogen-bond acceptors (Lipinski definition) is 4. The summed E-state index contributed by atoms with van der Waals surface area (Å²) in [6, 6.07) is 1.21. The maximum atomic E-state index is 13.1. The highest BCUT2D eigenvalue weighted by Crippen LogP contribution is 2.13. The minimum Gasteiger partial charge on any atom is -0.369 e. The minimum absolute atomic E-state index is 0.254. The van der Waals surface area contributed by atoms with Crippen molar-refractivity contribution in [2.75, 3.05) is 30.4 Å². The highest BCUT2D eigenvalue weighted by molar-refractivity contribution is 7.98. The Morgan fingerprint density at radius 2 is 2.28 bits per heavy atom. The van der Waals surface area contributed by atoms with Crippen molar-refractivity contribution in [2.45, 2.75) is 13.3 Å². The van der Waals surface area contributed by atoms with E-state index in [1.807, 2.05) is 13.2 Å². The lowest BCUT2D eigenvalue weighted by atomic mass is 10.2. The Labute approximate surface area is 111 Å². The molecule has 6 heteroatoms. The van der Waals surface area contributed by atoms with Crippen LogP contribution in [0.3, 0.4) is 0 Å². The lowest BCUT2D eigenvalue weighted by Crippen LogP contribution is -2.27. The summed E-state index contributed by atoms with van der Waals surface area (Å²) in [4.78, 5) is 15.8. The largest absolute Gasteiger partial charge is 0.369 e. The van der Waals surface area contributed by atoms with Crippen LogP contribution >= 0.6 is 11.8 Å². The van der Waals surface area contributed by atoms with Gasteiger partial charge >= 0.3 is 0 Å². The quantitative estimate of drug-likeness (QED) is 0.746. The zero-order valence-electron chi connectivity index (χ0n) is 10.6. The fraction of sp³-hybridized carbons (Fsp3) is 0.500. The Balaban J connectivity index is 2.76. The van der Waals surface area contributed by atoms with Crippen LogP contribution in [-0.2, 0) is 0 Å². The van der Waals surface area contributed by atoms with Gasteiger partial charge in [0.2, 0.25) is 0 Å². The molecular weight excluding hydrogens is 253 g/mol. The molecular formula is C12H18FN3OS. The molecule has 100 valence electrons. The lowest BCUT2D eigenvalue weighted by molar-refractivity contribution is 0.0956. The Morgan fingerprint density at radius 3 is 2.94 bits per heavy atom. The molecule has 0 aliphatic heterocycles. The molecule has 2 N–H and O–H groups in total. The van der Waals surface area contributed by atoms with Crippen molar-refractivity contribution in [1.82, 2.24) is 10.3 Å². The average Bonchev–Trinajstić information content (AvgIpc) is 2.37. The van der Waals surface area contributed by atoms with Crippen LogP contribution in [-0.4, -0.2) is 36.0 Å². The summed E-state index contributed by atoms with van der Waals surface area (Å²) in [6.07, 6.45) is 3.98. The fourth-order valence-corrected chi connectivity index (χ4v) is 1.66. The lowest BCUT2D eigenvalue weighted by Gasteiger charge is -2.10. The number of nitrogens with one attached hydrogen (secondary N) is 2. The molecule has 0 fully saturated rings. The number of hydrogen-bond donors (Lipinski definition) is 2. The molecule has 1 aromatic heterocycles. The van der Waals surface area contributed by atoms with Crippen LogP contribution in [0.4, 0.5) is 10.2 Å². The molecule has 0 saturated heterocycles. The molecule has 0 bridgehead atoms. The topological polar surface area (TPSA) is 54.0 Å². The monoisotopic (exact) mass is 271 g/mol. The molecule has 4 nitrogen and oxygen atoms in total. The van der Waals surface area contributed by atoms with E-state index >= 15 is 0 Å². The van der Waals surface area contributed by atoms with E-state index in [4.69, 9.17) is 0 Å². The molecule has 1 aromatic rings. The minimum atomic E-state index is -0.507. The van der Waals surface area contributed by atoms with Gasteiger partial charge in [0.15, 0.2) is 0 Å². The third kappa shape index (κ3) is 4.52. The Kier molecular flexibility index (Phi) is 6.49. The standard InChI is InChI=1S/C12H18FN3OS/c1-3-4-14-11-10(7-9(13)8-16-11)12(17)15-5-6-18-2/h7-8H,3-6H2,1-2H3,(H,14,16)(H,15,17). The van der Waals surface area contributed by atoms with Crippen LogP contribution in [0.1, 0.15) is 23.7 Å². The summed E-state index contributed by atoms with van der Waals surface area (Å²) in [5, 5.41) is 5.76. The first-order chi connectivity index (χ1) is 8.69. The second-order valence-electron chi connectivity index (χ2n) is 3.73. The molecule has 0 spiro atoms. The molecule has 0 atom stereocenters. The van der Waals surface area contributed by atoms with Crippen LogP contribution in [0, 0.1) is 5.82 Å². The number of halogens is 1. The Bertz CT molecular complexity index is 401. The van der Waals surface area contributed by atoms with Gasteiger partial charge in [0, 0.05) is 18.8 Å². The van der Waals surface area contributed by atoms with E-state index in [1.54, 1.807) is 11.8 Å². The average molecular weight is 271 g/mol. The smallest absolute Gasteiger partial charge is 0.255 e. The summed E-state index contributed by atoms with van der Waals surface area (Å²) in [7, 11) is 0. The van der Waals surface area contributed by atoms with Gasteiger partial charge in [0.05, 0.1) is 11.8 Å². The number of nitrogens with zero attached hydrogens (tertiary/aromatic N) is 1. The summed E-state index contributed by atoms with van der Waals surface area (Å²) >= 11 is 1.64. The summed E-state index contributed by atoms with van der Waals surface area (Å²) < 4.78 is 13.1. The van der Waals surface area contributed by atoms with Crippen molar-refractivity contribution in [3.05, 3.63) is 23.6 Å². The number of carbonyl (C=O) groups excluding carboxylic acids is 1. The van der Waals surface area contributed by atoms with Gasteiger partial charge in [-0.2, -0.15) is 11.8 Å². The van der Waals surface area contributed by atoms with E-state index in [1.165, 1.54) is 6.07 Å². The van der Waals surface area contributed by atoms with Crippen molar-refractivity contribution < 1.29 is 9.18 Å². The second kappa shape index (κ2) is 7.92. The van der Waals surface area contributed by atoms with Gasteiger partial charge in [-0.15, -0.1) is 0 Å². The van der Waals surface area contributed by atoms with Gasteiger partial charge in [-0.25, -0.2) is 9.37 Å².